The Labute approximate surface area is 139 Å². The number of carbonyl (C=O) groups is 1. The van der Waals surface area contributed by atoms with Gasteiger partial charge in [0, 0.05) is 25.0 Å². The molecule has 24 heavy (non-hydrogen) atoms. The molecule has 7 nitrogen and oxygen atoms in total. The molecular formula is C17H17N5O2. The van der Waals surface area contributed by atoms with Gasteiger partial charge in [-0.15, -0.1) is 0 Å². The summed E-state index contributed by atoms with van der Waals surface area (Å²) >= 11 is 0. The molecule has 0 saturated carbocycles. The van der Waals surface area contributed by atoms with Crippen LogP contribution in [0.15, 0.2) is 49.1 Å². The second kappa shape index (κ2) is 6.91. The highest BCUT2D eigenvalue weighted by Gasteiger charge is 2.19. The predicted octanol–water partition coefficient (Wildman–Crippen LogP) is 2.15. The van der Waals surface area contributed by atoms with Crippen molar-refractivity contribution < 1.29 is 9.53 Å². The van der Waals surface area contributed by atoms with E-state index in [-0.39, 0.29) is 5.91 Å². The van der Waals surface area contributed by atoms with Crippen molar-refractivity contribution in [3.8, 4) is 17.0 Å². The average molecular weight is 323 g/mol. The van der Waals surface area contributed by atoms with Crippen LogP contribution in [0.4, 0.5) is 0 Å². The zero-order valence-corrected chi connectivity index (χ0v) is 13.4. The number of amides is 1. The monoisotopic (exact) mass is 323 g/mol. The summed E-state index contributed by atoms with van der Waals surface area (Å²) < 4.78 is 5.15. The van der Waals surface area contributed by atoms with Crippen molar-refractivity contribution in [2.45, 2.75) is 6.54 Å². The van der Waals surface area contributed by atoms with Gasteiger partial charge in [-0.3, -0.25) is 19.9 Å². The van der Waals surface area contributed by atoms with Crippen molar-refractivity contribution in [3.05, 3.63) is 60.3 Å². The highest BCUT2D eigenvalue weighted by atomic mass is 16.5. The summed E-state index contributed by atoms with van der Waals surface area (Å²) in [5.41, 5.74) is 2.77. The Morgan fingerprint density at radius 3 is 2.67 bits per heavy atom. The van der Waals surface area contributed by atoms with Gasteiger partial charge in [-0.25, -0.2) is 0 Å². The van der Waals surface area contributed by atoms with Crippen LogP contribution in [0.5, 0.6) is 5.75 Å². The first-order valence-electron chi connectivity index (χ1n) is 7.37. The van der Waals surface area contributed by atoms with E-state index >= 15 is 0 Å². The topological polar surface area (TPSA) is 84.0 Å². The average Bonchev–Trinajstić information content (AvgIpc) is 3.11. The van der Waals surface area contributed by atoms with E-state index in [2.05, 4.69) is 20.2 Å². The van der Waals surface area contributed by atoms with E-state index < -0.39 is 0 Å². The van der Waals surface area contributed by atoms with Gasteiger partial charge in [0.1, 0.15) is 5.75 Å². The van der Waals surface area contributed by atoms with Gasteiger partial charge in [-0.05, 0) is 24.3 Å². The molecule has 1 N–H and O–H groups in total. The third-order valence-electron chi connectivity index (χ3n) is 3.61. The second-order valence-corrected chi connectivity index (χ2v) is 5.25. The highest BCUT2D eigenvalue weighted by Crippen LogP contribution is 2.24. The van der Waals surface area contributed by atoms with Crippen LogP contribution in [-0.4, -0.2) is 45.1 Å². The molecule has 2 heterocycles. The van der Waals surface area contributed by atoms with Gasteiger partial charge in [0.05, 0.1) is 43.0 Å². The molecule has 2 aromatic heterocycles. The maximum Gasteiger partial charge on any atom is 0.257 e. The minimum Gasteiger partial charge on any atom is -0.497 e. The number of aromatic amines is 1. The summed E-state index contributed by atoms with van der Waals surface area (Å²) in [5, 5.41) is 6.91. The molecule has 0 fully saturated rings. The van der Waals surface area contributed by atoms with Gasteiger partial charge in [0.15, 0.2) is 0 Å². The molecule has 0 saturated heterocycles. The molecule has 0 bridgehead atoms. The predicted molar refractivity (Wildman–Crippen MR) is 88.4 cm³/mol. The van der Waals surface area contributed by atoms with Gasteiger partial charge >= 0.3 is 0 Å². The first-order valence-corrected chi connectivity index (χ1v) is 7.37. The molecule has 0 radical (unpaired) electrons. The molecule has 3 aromatic rings. The summed E-state index contributed by atoms with van der Waals surface area (Å²) in [4.78, 5) is 22.5. The first-order chi connectivity index (χ1) is 11.7. The molecule has 1 aromatic carbocycles. The Hall–Kier alpha value is -3.22. The van der Waals surface area contributed by atoms with E-state index in [0.29, 0.717) is 17.8 Å². The summed E-state index contributed by atoms with van der Waals surface area (Å²) in [6, 6.07) is 7.44. The van der Waals surface area contributed by atoms with Crippen molar-refractivity contribution in [1.29, 1.82) is 0 Å². The van der Waals surface area contributed by atoms with Crippen molar-refractivity contribution in [3.63, 3.8) is 0 Å². The quantitative estimate of drug-likeness (QED) is 0.778. The van der Waals surface area contributed by atoms with E-state index in [1.165, 1.54) is 6.20 Å². The largest absolute Gasteiger partial charge is 0.497 e. The number of methoxy groups -OCH3 is 1. The van der Waals surface area contributed by atoms with Crippen molar-refractivity contribution in [2.24, 2.45) is 0 Å². The smallest absolute Gasteiger partial charge is 0.257 e. The normalized spacial score (nSPS) is 10.4. The van der Waals surface area contributed by atoms with E-state index in [0.717, 1.165) is 17.0 Å². The number of carbonyl (C=O) groups excluding carboxylic acids is 1. The lowest BCUT2D eigenvalue weighted by Crippen LogP contribution is -2.26. The number of nitrogens with one attached hydrogen (secondary N) is 1. The van der Waals surface area contributed by atoms with Crippen LogP contribution in [0.1, 0.15) is 16.1 Å². The molecule has 0 aliphatic rings. The Kier molecular flexibility index (Phi) is 4.51. The summed E-state index contributed by atoms with van der Waals surface area (Å²) in [6.07, 6.45) is 6.38. The number of hydrogen-bond acceptors (Lipinski definition) is 5. The number of hydrogen-bond donors (Lipinski definition) is 1. The minimum atomic E-state index is -0.139. The molecule has 7 heteroatoms. The second-order valence-electron chi connectivity index (χ2n) is 5.25. The number of H-pyrrole nitrogens is 1. The standard InChI is InChI=1S/C17H17N5O2/c1-22(11-13-9-18-7-8-19-13)17(23)15-10-20-21-16(15)12-3-5-14(24-2)6-4-12/h3-10H,11H2,1-2H3,(H,20,21). The number of aromatic nitrogens is 4. The van der Waals surface area contributed by atoms with Crippen molar-refractivity contribution >= 4 is 5.91 Å². The van der Waals surface area contributed by atoms with E-state index in [9.17, 15) is 4.79 Å². The summed E-state index contributed by atoms with van der Waals surface area (Å²) in [7, 11) is 3.34. The fourth-order valence-corrected chi connectivity index (χ4v) is 2.36. The van der Waals surface area contributed by atoms with Crippen LogP contribution in [0.3, 0.4) is 0 Å². The van der Waals surface area contributed by atoms with E-state index in [1.807, 2.05) is 24.3 Å². The molecule has 122 valence electrons. The minimum absolute atomic E-state index is 0.139. The molecule has 3 rings (SSSR count). The van der Waals surface area contributed by atoms with Gasteiger partial charge in [0.2, 0.25) is 0 Å². The Morgan fingerprint density at radius 2 is 2.00 bits per heavy atom. The first kappa shape index (κ1) is 15.7. The SMILES string of the molecule is COc1ccc(-c2[nH]ncc2C(=O)N(C)Cc2cnccn2)cc1. The van der Waals surface area contributed by atoms with Crippen LogP contribution in [0, 0.1) is 0 Å². The van der Waals surface area contributed by atoms with Crippen LogP contribution in [0.2, 0.25) is 0 Å². The van der Waals surface area contributed by atoms with Crippen LogP contribution >= 0.6 is 0 Å². The third kappa shape index (κ3) is 3.24. The van der Waals surface area contributed by atoms with Gasteiger partial charge in [-0.2, -0.15) is 5.10 Å². The fraction of sp³-hybridized carbons (Fsp3) is 0.176. The zero-order chi connectivity index (χ0) is 16.9. The lowest BCUT2D eigenvalue weighted by molar-refractivity contribution is 0.0784. The lowest BCUT2D eigenvalue weighted by Gasteiger charge is -2.16. The molecule has 1 amide bonds. The number of nitrogens with zero attached hydrogens (tertiary/aromatic N) is 4. The maximum absolute atomic E-state index is 12.7. The van der Waals surface area contributed by atoms with Crippen LogP contribution < -0.4 is 4.74 Å². The van der Waals surface area contributed by atoms with Gasteiger partial charge in [-0.1, -0.05) is 0 Å². The summed E-state index contributed by atoms with van der Waals surface area (Å²) in [6.45, 7) is 0.375. The number of rotatable bonds is 5. The molecule has 0 atom stereocenters. The van der Waals surface area contributed by atoms with E-state index in [4.69, 9.17) is 4.74 Å². The van der Waals surface area contributed by atoms with Crippen molar-refractivity contribution in [1.82, 2.24) is 25.1 Å². The number of ether oxygens (including phenoxy) is 1. The van der Waals surface area contributed by atoms with Gasteiger partial charge < -0.3 is 9.64 Å². The maximum atomic E-state index is 12.7. The van der Waals surface area contributed by atoms with Crippen LogP contribution in [-0.2, 0) is 6.54 Å². The molecule has 0 spiro atoms. The van der Waals surface area contributed by atoms with Gasteiger partial charge in [0.25, 0.3) is 5.91 Å². The molecular weight excluding hydrogens is 306 g/mol. The molecule has 0 unspecified atom stereocenters. The highest BCUT2D eigenvalue weighted by molar-refractivity contribution is 5.99. The van der Waals surface area contributed by atoms with Crippen LogP contribution in [0.25, 0.3) is 11.3 Å². The lowest BCUT2D eigenvalue weighted by atomic mass is 10.1. The molecule has 0 aliphatic heterocycles. The Bertz CT molecular complexity index is 815. The Balaban J connectivity index is 1.82. The summed E-state index contributed by atoms with van der Waals surface area (Å²) in [5.74, 6) is 0.617. The zero-order valence-electron chi connectivity index (χ0n) is 13.4. The third-order valence-corrected chi connectivity index (χ3v) is 3.61. The van der Waals surface area contributed by atoms with Crippen molar-refractivity contribution in [2.75, 3.05) is 14.2 Å². The number of benzene rings is 1. The Morgan fingerprint density at radius 1 is 1.21 bits per heavy atom. The van der Waals surface area contributed by atoms with E-state index in [1.54, 1.807) is 37.6 Å². The molecule has 0 aliphatic carbocycles. The fourth-order valence-electron chi connectivity index (χ4n) is 2.36.